The number of carbonyl (C=O) groups is 1. The van der Waals surface area contributed by atoms with Gasteiger partial charge in [-0.25, -0.2) is 0 Å². The van der Waals surface area contributed by atoms with Gasteiger partial charge >= 0.3 is 0 Å². The number of aliphatic hydroxyl groups excluding tert-OH is 1. The molecule has 0 aliphatic carbocycles. The molecule has 1 aromatic carbocycles. The third-order valence-electron chi connectivity index (χ3n) is 2.47. The SMILES string of the molecule is COc1cccc(C(=O)N2CC(O)C2)c1. The second kappa shape index (κ2) is 3.90. The summed E-state index contributed by atoms with van der Waals surface area (Å²) in [5.74, 6) is 0.612. The summed E-state index contributed by atoms with van der Waals surface area (Å²) in [4.78, 5) is 13.4. The van der Waals surface area contributed by atoms with Gasteiger partial charge in [0.05, 0.1) is 13.2 Å². The van der Waals surface area contributed by atoms with Crippen molar-refractivity contribution in [1.82, 2.24) is 4.90 Å². The molecular weight excluding hydrogens is 194 g/mol. The first kappa shape index (κ1) is 9.98. The van der Waals surface area contributed by atoms with Gasteiger partial charge < -0.3 is 14.7 Å². The average Bonchev–Trinajstić information content (AvgIpc) is 2.24. The first-order valence-corrected chi connectivity index (χ1v) is 4.82. The van der Waals surface area contributed by atoms with E-state index in [9.17, 15) is 4.79 Å². The van der Waals surface area contributed by atoms with Crippen LogP contribution in [0.4, 0.5) is 0 Å². The standard InChI is InChI=1S/C11H13NO3/c1-15-10-4-2-3-8(5-10)11(14)12-6-9(13)7-12/h2-5,9,13H,6-7H2,1H3. The summed E-state index contributed by atoms with van der Waals surface area (Å²) >= 11 is 0. The van der Waals surface area contributed by atoms with Crippen molar-refractivity contribution >= 4 is 5.91 Å². The number of carbonyl (C=O) groups excluding carboxylic acids is 1. The number of amides is 1. The number of β-amino-alcohol motifs (C(OH)–C–C–N with tert-alkyl or cyclic N) is 1. The van der Waals surface area contributed by atoms with Gasteiger partial charge in [0.1, 0.15) is 5.75 Å². The molecule has 1 aliphatic rings. The second-order valence-corrected chi connectivity index (χ2v) is 3.60. The highest BCUT2D eigenvalue weighted by atomic mass is 16.5. The highest BCUT2D eigenvalue weighted by molar-refractivity contribution is 5.95. The van der Waals surface area contributed by atoms with Crippen LogP contribution in [-0.2, 0) is 0 Å². The summed E-state index contributed by atoms with van der Waals surface area (Å²) in [6.07, 6.45) is -0.362. The number of benzene rings is 1. The molecule has 1 aliphatic heterocycles. The molecule has 1 fully saturated rings. The van der Waals surface area contributed by atoms with Crippen LogP contribution in [-0.4, -0.2) is 42.2 Å². The molecule has 4 heteroatoms. The monoisotopic (exact) mass is 207 g/mol. The van der Waals surface area contributed by atoms with Gasteiger partial charge in [-0.05, 0) is 18.2 Å². The Morgan fingerprint density at radius 2 is 2.27 bits per heavy atom. The maximum atomic E-state index is 11.8. The molecule has 0 radical (unpaired) electrons. The summed E-state index contributed by atoms with van der Waals surface area (Å²) < 4.78 is 5.04. The van der Waals surface area contributed by atoms with Crippen LogP contribution in [0.25, 0.3) is 0 Å². The van der Waals surface area contributed by atoms with Crippen molar-refractivity contribution in [3.8, 4) is 5.75 Å². The molecule has 80 valence electrons. The Balaban J connectivity index is 2.11. The molecular formula is C11H13NO3. The number of hydrogen-bond donors (Lipinski definition) is 1. The number of methoxy groups -OCH3 is 1. The van der Waals surface area contributed by atoms with Crippen molar-refractivity contribution < 1.29 is 14.6 Å². The third-order valence-corrected chi connectivity index (χ3v) is 2.47. The van der Waals surface area contributed by atoms with Crippen molar-refractivity contribution in [2.45, 2.75) is 6.10 Å². The normalized spacial score (nSPS) is 16.0. The number of ether oxygens (including phenoxy) is 1. The minimum atomic E-state index is -0.362. The van der Waals surface area contributed by atoms with Gasteiger partial charge in [0, 0.05) is 18.7 Å². The Kier molecular flexibility index (Phi) is 2.60. The van der Waals surface area contributed by atoms with Gasteiger partial charge in [0.2, 0.25) is 0 Å². The summed E-state index contributed by atoms with van der Waals surface area (Å²) in [7, 11) is 1.57. The molecule has 15 heavy (non-hydrogen) atoms. The average molecular weight is 207 g/mol. The summed E-state index contributed by atoms with van der Waals surface area (Å²) in [5.41, 5.74) is 0.598. The van der Waals surface area contributed by atoms with E-state index < -0.39 is 0 Å². The fraction of sp³-hybridized carbons (Fsp3) is 0.364. The van der Waals surface area contributed by atoms with Gasteiger partial charge in [-0.2, -0.15) is 0 Å². The predicted molar refractivity (Wildman–Crippen MR) is 54.9 cm³/mol. The van der Waals surface area contributed by atoms with Crippen LogP contribution < -0.4 is 4.74 Å². The fourth-order valence-corrected chi connectivity index (χ4v) is 1.56. The number of likely N-dealkylation sites (tertiary alicyclic amines) is 1. The summed E-state index contributed by atoms with van der Waals surface area (Å²) in [6.45, 7) is 0.853. The molecule has 1 saturated heterocycles. The molecule has 0 atom stereocenters. The number of nitrogens with zero attached hydrogens (tertiary/aromatic N) is 1. The Hall–Kier alpha value is -1.55. The highest BCUT2D eigenvalue weighted by Gasteiger charge is 2.29. The maximum Gasteiger partial charge on any atom is 0.254 e. The largest absolute Gasteiger partial charge is 0.497 e. The highest BCUT2D eigenvalue weighted by Crippen LogP contribution is 2.17. The lowest BCUT2D eigenvalue weighted by molar-refractivity contribution is 0.00588. The van der Waals surface area contributed by atoms with E-state index in [1.165, 1.54) is 0 Å². The third kappa shape index (κ3) is 1.94. The zero-order chi connectivity index (χ0) is 10.8. The van der Waals surface area contributed by atoms with Gasteiger partial charge in [0.25, 0.3) is 5.91 Å². The molecule has 0 unspecified atom stereocenters. The first-order valence-electron chi connectivity index (χ1n) is 4.82. The van der Waals surface area contributed by atoms with Crippen molar-refractivity contribution in [2.24, 2.45) is 0 Å². The van der Waals surface area contributed by atoms with E-state index in [1.54, 1.807) is 36.3 Å². The molecule has 2 rings (SSSR count). The zero-order valence-electron chi connectivity index (χ0n) is 8.51. The maximum absolute atomic E-state index is 11.8. The zero-order valence-corrected chi connectivity index (χ0v) is 8.51. The lowest BCUT2D eigenvalue weighted by atomic mass is 10.1. The Morgan fingerprint density at radius 1 is 1.53 bits per heavy atom. The molecule has 1 aromatic rings. The second-order valence-electron chi connectivity index (χ2n) is 3.60. The van der Waals surface area contributed by atoms with Crippen LogP contribution in [0.5, 0.6) is 5.75 Å². The van der Waals surface area contributed by atoms with E-state index >= 15 is 0 Å². The van der Waals surface area contributed by atoms with Crippen LogP contribution in [0.15, 0.2) is 24.3 Å². The van der Waals surface area contributed by atoms with Crippen LogP contribution in [0.3, 0.4) is 0 Å². The van der Waals surface area contributed by atoms with E-state index in [1.807, 2.05) is 0 Å². The van der Waals surface area contributed by atoms with Gasteiger partial charge in [-0.15, -0.1) is 0 Å². The van der Waals surface area contributed by atoms with Crippen LogP contribution in [0.1, 0.15) is 10.4 Å². The molecule has 0 saturated carbocycles. The topological polar surface area (TPSA) is 49.8 Å². The molecule has 4 nitrogen and oxygen atoms in total. The number of hydrogen-bond acceptors (Lipinski definition) is 3. The van der Waals surface area contributed by atoms with E-state index in [0.29, 0.717) is 24.4 Å². The van der Waals surface area contributed by atoms with E-state index in [-0.39, 0.29) is 12.0 Å². The van der Waals surface area contributed by atoms with E-state index in [2.05, 4.69) is 0 Å². The molecule has 0 spiro atoms. The van der Waals surface area contributed by atoms with Gasteiger partial charge in [0.15, 0.2) is 0 Å². The van der Waals surface area contributed by atoms with E-state index in [0.717, 1.165) is 0 Å². The number of aliphatic hydroxyl groups is 1. The smallest absolute Gasteiger partial charge is 0.254 e. The minimum Gasteiger partial charge on any atom is -0.497 e. The van der Waals surface area contributed by atoms with E-state index in [4.69, 9.17) is 9.84 Å². The summed E-state index contributed by atoms with van der Waals surface area (Å²) in [6, 6.07) is 7.02. The van der Waals surface area contributed by atoms with Gasteiger partial charge in [-0.1, -0.05) is 6.07 Å². The predicted octanol–water partition coefficient (Wildman–Crippen LogP) is 0.512. The van der Waals surface area contributed by atoms with Crippen LogP contribution in [0, 0.1) is 0 Å². The Bertz CT molecular complexity index is 372. The molecule has 1 heterocycles. The van der Waals surface area contributed by atoms with Crippen molar-refractivity contribution in [3.63, 3.8) is 0 Å². The molecule has 1 N–H and O–H groups in total. The van der Waals surface area contributed by atoms with Crippen LogP contribution in [0.2, 0.25) is 0 Å². The molecule has 1 amide bonds. The fourth-order valence-electron chi connectivity index (χ4n) is 1.56. The van der Waals surface area contributed by atoms with Crippen molar-refractivity contribution in [1.29, 1.82) is 0 Å². The Morgan fingerprint density at radius 3 is 2.87 bits per heavy atom. The van der Waals surface area contributed by atoms with Crippen LogP contribution >= 0.6 is 0 Å². The molecule has 0 bridgehead atoms. The van der Waals surface area contributed by atoms with Crippen molar-refractivity contribution in [2.75, 3.05) is 20.2 Å². The summed E-state index contributed by atoms with van der Waals surface area (Å²) in [5, 5.41) is 9.10. The van der Waals surface area contributed by atoms with Gasteiger partial charge in [-0.3, -0.25) is 4.79 Å². The minimum absolute atomic E-state index is 0.0563. The lowest BCUT2D eigenvalue weighted by Gasteiger charge is -2.35. The molecule has 0 aromatic heterocycles. The van der Waals surface area contributed by atoms with Crippen molar-refractivity contribution in [3.05, 3.63) is 29.8 Å². The first-order chi connectivity index (χ1) is 7.20. The Labute approximate surface area is 88.1 Å². The quantitative estimate of drug-likeness (QED) is 0.768. The lowest BCUT2D eigenvalue weighted by Crippen LogP contribution is -2.53. The number of rotatable bonds is 2.